The van der Waals surface area contributed by atoms with E-state index in [1.807, 2.05) is 35.9 Å². The number of ether oxygens (including phenoxy) is 1. The van der Waals surface area contributed by atoms with E-state index in [1.54, 1.807) is 13.3 Å². The number of methoxy groups -OCH3 is 1. The number of hydrogen-bond acceptors (Lipinski definition) is 4. The van der Waals surface area contributed by atoms with E-state index in [4.69, 9.17) is 17.0 Å². The Morgan fingerprint density at radius 3 is 2.55 bits per heavy atom. The molecule has 2 N–H and O–H groups in total. The molecule has 2 aromatic heterocycles. The van der Waals surface area contributed by atoms with E-state index in [0.717, 1.165) is 22.7 Å². The van der Waals surface area contributed by atoms with Crippen molar-refractivity contribution in [2.24, 2.45) is 0 Å². The minimum atomic E-state index is 0.427. The molecule has 0 aliphatic carbocycles. The summed E-state index contributed by atoms with van der Waals surface area (Å²) in [6.45, 7) is 1.98. The van der Waals surface area contributed by atoms with Gasteiger partial charge in [-0.1, -0.05) is 0 Å². The van der Waals surface area contributed by atoms with E-state index in [0.29, 0.717) is 10.6 Å². The average Bonchev–Trinajstić information content (AvgIpc) is 3.05. The molecule has 7 heteroatoms. The van der Waals surface area contributed by atoms with Crippen LogP contribution in [0.25, 0.3) is 17.1 Å². The van der Waals surface area contributed by atoms with Crippen molar-refractivity contribution in [1.29, 1.82) is 0 Å². The van der Waals surface area contributed by atoms with Crippen LogP contribution >= 0.6 is 12.2 Å². The minimum absolute atomic E-state index is 0.427. The smallest absolute Gasteiger partial charge is 0.213 e. The van der Waals surface area contributed by atoms with Crippen LogP contribution in [0.3, 0.4) is 0 Å². The van der Waals surface area contributed by atoms with Crippen LogP contribution in [0.4, 0.5) is 0 Å². The summed E-state index contributed by atoms with van der Waals surface area (Å²) in [5.41, 5.74) is 2.85. The summed E-state index contributed by atoms with van der Waals surface area (Å²) in [5.74, 6) is 1.50. The van der Waals surface area contributed by atoms with Crippen molar-refractivity contribution in [2.45, 2.75) is 6.92 Å². The van der Waals surface area contributed by atoms with Crippen LogP contribution in [0.15, 0.2) is 30.5 Å². The lowest BCUT2D eigenvalue weighted by atomic mass is 10.2. The number of aromatic amines is 2. The number of nitrogens with zero attached hydrogens (tertiary/aromatic N) is 3. The highest BCUT2D eigenvalue weighted by atomic mass is 32.1. The molecule has 6 nitrogen and oxygen atoms in total. The van der Waals surface area contributed by atoms with E-state index in [9.17, 15) is 0 Å². The van der Waals surface area contributed by atoms with Crippen LogP contribution in [0.1, 0.15) is 5.69 Å². The predicted molar refractivity (Wildman–Crippen MR) is 77.6 cm³/mol. The summed E-state index contributed by atoms with van der Waals surface area (Å²) in [6.07, 6.45) is 1.76. The second kappa shape index (κ2) is 4.93. The SMILES string of the molecule is COc1ccc(-n2ncc(-c3nc(=S)[nH][nH]3)c2C)cc1. The molecule has 0 spiro atoms. The van der Waals surface area contributed by atoms with Gasteiger partial charge in [-0.2, -0.15) is 10.1 Å². The maximum atomic E-state index is 5.15. The van der Waals surface area contributed by atoms with Gasteiger partial charge in [-0.15, -0.1) is 0 Å². The molecule has 0 atom stereocenters. The highest BCUT2D eigenvalue weighted by Crippen LogP contribution is 2.22. The topological polar surface area (TPSA) is 71.5 Å². The maximum absolute atomic E-state index is 5.15. The standard InChI is InChI=1S/C13H13N5OS/c1-8-11(12-15-13(20)17-16-12)7-14-18(8)9-3-5-10(19-2)6-4-9/h3-7H,1-2H3,(H2,15,16,17,20). The number of hydrogen-bond donors (Lipinski definition) is 2. The Morgan fingerprint density at radius 2 is 1.95 bits per heavy atom. The lowest BCUT2D eigenvalue weighted by Gasteiger charge is -2.06. The molecule has 1 aromatic carbocycles. The molecule has 0 amide bonds. The van der Waals surface area contributed by atoms with Crippen molar-refractivity contribution >= 4 is 12.2 Å². The van der Waals surface area contributed by atoms with Gasteiger partial charge in [0.2, 0.25) is 4.77 Å². The summed E-state index contributed by atoms with van der Waals surface area (Å²) < 4.78 is 7.43. The van der Waals surface area contributed by atoms with Crippen LogP contribution in [0.2, 0.25) is 0 Å². The molecule has 102 valence electrons. The molecule has 3 aromatic rings. The molecule has 2 heterocycles. The fraction of sp³-hybridized carbons (Fsp3) is 0.154. The van der Waals surface area contributed by atoms with Crippen LogP contribution in [0, 0.1) is 11.7 Å². The molecule has 0 bridgehead atoms. The van der Waals surface area contributed by atoms with E-state index in [1.165, 1.54) is 0 Å². The fourth-order valence-electron chi connectivity index (χ4n) is 2.02. The quantitative estimate of drug-likeness (QED) is 0.726. The molecule has 0 saturated carbocycles. The zero-order valence-electron chi connectivity index (χ0n) is 11.0. The highest BCUT2D eigenvalue weighted by Gasteiger charge is 2.12. The monoisotopic (exact) mass is 287 g/mol. The van der Waals surface area contributed by atoms with Crippen molar-refractivity contribution in [3.63, 3.8) is 0 Å². The normalized spacial score (nSPS) is 10.7. The second-order valence-corrected chi connectivity index (χ2v) is 4.66. The van der Waals surface area contributed by atoms with Crippen molar-refractivity contribution in [3.05, 3.63) is 40.9 Å². The van der Waals surface area contributed by atoms with Crippen molar-refractivity contribution in [1.82, 2.24) is 25.0 Å². The Bertz CT molecular complexity index is 784. The zero-order chi connectivity index (χ0) is 14.1. The van der Waals surface area contributed by atoms with Crippen LogP contribution < -0.4 is 4.74 Å². The molecule has 0 saturated heterocycles. The van der Waals surface area contributed by atoms with E-state index in [-0.39, 0.29) is 0 Å². The van der Waals surface area contributed by atoms with Gasteiger partial charge in [0.05, 0.1) is 30.3 Å². The third-order valence-electron chi connectivity index (χ3n) is 3.08. The number of benzene rings is 1. The van der Waals surface area contributed by atoms with Crippen molar-refractivity contribution in [2.75, 3.05) is 7.11 Å². The third kappa shape index (κ3) is 2.12. The Labute approximate surface area is 120 Å². The van der Waals surface area contributed by atoms with Gasteiger partial charge < -0.3 is 4.74 Å². The Kier molecular flexibility index (Phi) is 3.11. The van der Waals surface area contributed by atoms with Gasteiger partial charge in [-0.3, -0.25) is 10.2 Å². The number of rotatable bonds is 3. The van der Waals surface area contributed by atoms with Gasteiger partial charge in [0, 0.05) is 0 Å². The van der Waals surface area contributed by atoms with Crippen LogP contribution in [0.5, 0.6) is 5.75 Å². The second-order valence-electron chi connectivity index (χ2n) is 4.27. The molecule has 0 radical (unpaired) electrons. The Hall–Kier alpha value is -2.41. The van der Waals surface area contributed by atoms with Gasteiger partial charge in [-0.25, -0.2) is 4.68 Å². The summed E-state index contributed by atoms with van der Waals surface area (Å²) in [4.78, 5) is 4.21. The Balaban J connectivity index is 2.03. The van der Waals surface area contributed by atoms with Crippen LogP contribution in [-0.2, 0) is 0 Å². The molecule has 0 fully saturated rings. The highest BCUT2D eigenvalue weighted by molar-refractivity contribution is 7.71. The first-order valence-corrected chi connectivity index (χ1v) is 6.44. The van der Waals surface area contributed by atoms with Crippen LogP contribution in [-0.4, -0.2) is 32.1 Å². The van der Waals surface area contributed by atoms with Gasteiger partial charge in [0.1, 0.15) is 5.75 Å². The molecular formula is C13H13N5OS. The molecule has 0 aliphatic heterocycles. The molecule has 20 heavy (non-hydrogen) atoms. The minimum Gasteiger partial charge on any atom is -0.497 e. The molecule has 0 aliphatic rings. The van der Waals surface area contributed by atoms with Crippen molar-refractivity contribution in [3.8, 4) is 22.8 Å². The van der Waals surface area contributed by atoms with Gasteiger partial charge in [-0.05, 0) is 43.4 Å². The van der Waals surface area contributed by atoms with E-state index < -0.39 is 0 Å². The largest absolute Gasteiger partial charge is 0.497 e. The summed E-state index contributed by atoms with van der Waals surface area (Å²) in [5, 5.41) is 10.1. The summed E-state index contributed by atoms with van der Waals surface area (Å²) >= 11 is 4.97. The van der Waals surface area contributed by atoms with Gasteiger partial charge in [0.15, 0.2) is 5.82 Å². The lowest BCUT2D eigenvalue weighted by Crippen LogP contribution is -1.99. The Morgan fingerprint density at radius 1 is 1.20 bits per heavy atom. The summed E-state index contributed by atoms with van der Waals surface area (Å²) in [6, 6.07) is 7.71. The summed E-state index contributed by atoms with van der Waals surface area (Å²) in [7, 11) is 1.64. The molecular weight excluding hydrogens is 274 g/mol. The fourth-order valence-corrected chi connectivity index (χ4v) is 2.17. The third-order valence-corrected chi connectivity index (χ3v) is 3.28. The lowest BCUT2D eigenvalue weighted by molar-refractivity contribution is 0.414. The number of aromatic nitrogens is 5. The number of nitrogens with one attached hydrogen (secondary N) is 2. The molecule has 0 unspecified atom stereocenters. The maximum Gasteiger partial charge on any atom is 0.213 e. The van der Waals surface area contributed by atoms with Gasteiger partial charge >= 0.3 is 0 Å². The van der Waals surface area contributed by atoms with E-state index in [2.05, 4.69) is 20.3 Å². The predicted octanol–water partition coefficient (Wildman–Crippen LogP) is 2.64. The number of H-pyrrole nitrogens is 2. The zero-order valence-corrected chi connectivity index (χ0v) is 11.9. The van der Waals surface area contributed by atoms with Gasteiger partial charge in [0.25, 0.3) is 0 Å². The first-order valence-electron chi connectivity index (χ1n) is 6.03. The average molecular weight is 287 g/mol. The first-order chi connectivity index (χ1) is 9.69. The van der Waals surface area contributed by atoms with Crippen molar-refractivity contribution < 1.29 is 4.74 Å². The first kappa shape index (κ1) is 12.6. The molecule has 3 rings (SSSR count). The van der Waals surface area contributed by atoms with E-state index >= 15 is 0 Å².